The van der Waals surface area contributed by atoms with Gasteiger partial charge in [-0.15, -0.1) is 0 Å². The molecule has 172 valence electrons. The molecule has 33 heavy (non-hydrogen) atoms. The average Bonchev–Trinajstić information content (AvgIpc) is 2.81. The second-order valence-corrected chi connectivity index (χ2v) is 8.57. The van der Waals surface area contributed by atoms with Gasteiger partial charge in [-0.05, 0) is 24.1 Å². The summed E-state index contributed by atoms with van der Waals surface area (Å²) in [5, 5.41) is 3.21. The van der Waals surface area contributed by atoms with Gasteiger partial charge in [0.1, 0.15) is 11.6 Å². The van der Waals surface area contributed by atoms with Crippen molar-refractivity contribution in [2.45, 2.75) is 30.2 Å². The quantitative estimate of drug-likeness (QED) is 0.402. The van der Waals surface area contributed by atoms with E-state index in [1.807, 2.05) is 31.2 Å². The maximum atomic E-state index is 13.2. The highest BCUT2D eigenvalue weighted by molar-refractivity contribution is 7.98. The minimum Gasteiger partial charge on any atom is -0.496 e. The summed E-state index contributed by atoms with van der Waals surface area (Å²) >= 11 is 1.41. The van der Waals surface area contributed by atoms with Crippen molar-refractivity contribution in [1.29, 1.82) is 0 Å². The molecule has 4 rings (SSSR count). The molecule has 1 aliphatic rings. The number of hydrogen-bond donors (Lipinski definition) is 2. The number of thioether (sulfide) groups is 1. The standard InChI is InChI=1S/C24H25N3O5S/c1-13-7-5-6-8-14(13)12-33-24-26-22-21(23(29)27-24)16(10-20(28)25-22)15-9-18(31-3)19(32-4)11-17(15)30-2/h5-9,11,16H,10,12H2,1-4H3,(H2,25,26,27,28,29)/t16-/m1/s1. The number of aromatic nitrogens is 2. The SMILES string of the molecule is COc1cc(OC)c([C@H]2CC(=O)Nc3nc(SCc4ccccc4C)[nH]c(=O)c32)cc1OC. The van der Waals surface area contributed by atoms with E-state index in [0.717, 1.165) is 5.56 Å². The summed E-state index contributed by atoms with van der Waals surface area (Å²) in [6.45, 7) is 2.04. The summed E-state index contributed by atoms with van der Waals surface area (Å²) < 4.78 is 16.3. The number of amides is 1. The maximum Gasteiger partial charge on any atom is 0.257 e. The van der Waals surface area contributed by atoms with E-state index >= 15 is 0 Å². The number of anilines is 1. The van der Waals surface area contributed by atoms with Gasteiger partial charge in [0.25, 0.3) is 5.56 Å². The molecule has 3 aromatic rings. The Labute approximate surface area is 195 Å². The molecular weight excluding hydrogens is 442 g/mol. The molecule has 2 heterocycles. The van der Waals surface area contributed by atoms with Gasteiger partial charge in [0, 0.05) is 29.7 Å². The molecule has 0 saturated carbocycles. The summed E-state index contributed by atoms with van der Waals surface area (Å²) in [6.07, 6.45) is 0.0826. The van der Waals surface area contributed by atoms with Crippen molar-refractivity contribution in [3.8, 4) is 17.2 Å². The Morgan fingerprint density at radius 3 is 2.42 bits per heavy atom. The highest BCUT2D eigenvalue weighted by Gasteiger charge is 2.33. The molecule has 0 saturated heterocycles. The first kappa shape index (κ1) is 22.7. The van der Waals surface area contributed by atoms with Crippen molar-refractivity contribution in [1.82, 2.24) is 9.97 Å². The molecule has 1 aliphatic heterocycles. The van der Waals surface area contributed by atoms with E-state index in [9.17, 15) is 9.59 Å². The van der Waals surface area contributed by atoms with Crippen molar-refractivity contribution in [2.75, 3.05) is 26.6 Å². The monoisotopic (exact) mass is 467 g/mol. The zero-order chi connectivity index (χ0) is 23.5. The fourth-order valence-electron chi connectivity index (χ4n) is 3.93. The average molecular weight is 468 g/mol. The highest BCUT2D eigenvalue weighted by Crippen LogP contribution is 2.43. The number of aromatic amines is 1. The van der Waals surface area contributed by atoms with Crippen LogP contribution in [0.2, 0.25) is 0 Å². The lowest BCUT2D eigenvalue weighted by atomic mass is 9.86. The molecule has 8 nitrogen and oxygen atoms in total. The number of fused-ring (bicyclic) bond motifs is 1. The first-order chi connectivity index (χ1) is 15.9. The number of carbonyl (C=O) groups excluding carboxylic acids is 1. The van der Waals surface area contributed by atoms with Crippen LogP contribution in [0, 0.1) is 6.92 Å². The van der Waals surface area contributed by atoms with Crippen molar-refractivity contribution < 1.29 is 19.0 Å². The fraction of sp³-hybridized carbons (Fsp3) is 0.292. The van der Waals surface area contributed by atoms with Crippen LogP contribution >= 0.6 is 11.8 Å². The van der Waals surface area contributed by atoms with Gasteiger partial charge in [-0.1, -0.05) is 36.0 Å². The van der Waals surface area contributed by atoms with Gasteiger partial charge in [-0.3, -0.25) is 9.59 Å². The van der Waals surface area contributed by atoms with Gasteiger partial charge < -0.3 is 24.5 Å². The third-order valence-corrected chi connectivity index (χ3v) is 6.59. The first-order valence-corrected chi connectivity index (χ1v) is 11.3. The van der Waals surface area contributed by atoms with Crippen LogP contribution in [0.15, 0.2) is 46.3 Å². The number of methoxy groups -OCH3 is 3. The smallest absolute Gasteiger partial charge is 0.257 e. The second-order valence-electron chi connectivity index (χ2n) is 7.60. The van der Waals surface area contributed by atoms with E-state index in [0.29, 0.717) is 39.3 Å². The molecule has 0 aliphatic carbocycles. The van der Waals surface area contributed by atoms with E-state index in [4.69, 9.17) is 14.2 Å². The highest BCUT2D eigenvalue weighted by atomic mass is 32.2. The molecule has 0 unspecified atom stereocenters. The number of H-pyrrole nitrogens is 1. The van der Waals surface area contributed by atoms with Crippen LogP contribution in [0.1, 0.15) is 34.6 Å². The fourth-order valence-corrected chi connectivity index (χ4v) is 4.86. The van der Waals surface area contributed by atoms with Crippen molar-refractivity contribution in [3.63, 3.8) is 0 Å². The number of benzene rings is 2. The summed E-state index contributed by atoms with van der Waals surface area (Å²) in [5.74, 6) is 1.62. The number of hydrogen-bond acceptors (Lipinski definition) is 7. The zero-order valence-electron chi connectivity index (χ0n) is 18.9. The largest absolute Gasteiger partial charge is 0.496 e. The van der Waals surface area contributed by atoms with Gasteiger partial charge in [-0.25, -0.2) is 4.98 Å². The normalized spacial score (nSPS) is 14.9. The Morgan fingerprint density at radius 2 is 1.73 bits per heavy atom. The summed E-state index contributed by atoms with van der Waals surface area (Å²) in [6, 6.07) is 11.5. The summed E-state index contributed by atoms with van der Waals surface area (Å²) in [4.78, 5) is 33.2. The number of nitrogens with zero attached hydrogens (tertiary/aromatic N) is 1. The Balaban J connectivity index is 1.73. The van der Waals surface area contributed by atoms with E-state index in [-0.39, 0.29) is 23.7 Å². The minimum absolute atomic E-state index is 0.0826. The molecule has 0 radical (unpaired) electrons. The van der Waals surface area contributed by atoms with Gasteiger partial charge in [0.05, 0.1) is 26.9 Å². The second kappa shape index (κ2) is 9.58. The Hall–Kier alpha value is -3.46. The van der Waals surface area contributed by atoms with Gasteiger partial charge in [-0.2, -0.15) is 0 Å². The van der Waals surface area contributed by atoms with E-state index < -0.39 is 5.92 Å². The van der Waals surface area contributed by atoms with Crippen molar-refractivity contribution >= 4 is 23.5 Å². The molecule has 0 bridgehead atoms. The van der Waals surface area contributed by atoms with Gasteiger partial charge in [0.15, 0.2) is 16.7 Å². The molecule has 2 N–H and O–H groups in total. The van der Waals surface area contributed by atoms with Crippen LogP contribution in [0.5, 0.6) is 17.2 Å². The Morgan fingerprint density at radius 1 is 1.03 bits per heavy atom. The molecule has 1 amide bonds. The molecule has 1 aromatic heterocycles. The Kier molecular flexibility index (Phi) is 6.60. The van der Waals surface area contributed by atoms with E-state index in [1.165, 1.54) is 38.7 Å². The number of carbonyl (C=O) groups is 1. The zero-order valence-corrected chi connectivity index (χ0v) is 19.7. The van der Waals surface area contributed by atoms with E-state index in [2.05, 4.69) is 15.3 Å². The first-order valence-electron chi connectivity index (χ1n) is 10.4. The third kappa shape index (κ3) is 4.54. The van der Waals surface area contributed by atoms with Crippen LogP contribution in [-0.2, 0) is 10.5 Å². The predicted octanol–water partition coefficient (Wildman–Crippen LogP) is 3.87. The maximum absolute atomic E-state index is 13.2. The number of rotatable bonds is 7. The summed E-state index contributed by atoms with van der Waals surface area (Å²) in [5.41, 5.74) is 3.06. The molecule has 0 spiro atoms. The lowest BCUT2D eigenvalue weighted by molar-refractivity contribution is -0.116. The van der Waals surface area contributed by atoms with Crippen LogP contribution in [0.25, 0.3) is 0 Å². The van der Waals surface area contributed by atoms with Crippen LogP contribution < -0.4 is 25.1 Å². The van der Waals surface area contributed by atoms with Crippen LogP contribution in [0.3, 0.4) is 0 Å². The number of ether oxygens (including phenoxy) is 3. The number of aryl methyl sites for hydroxylation is 1. The number of nitrogens with one attached hydrogen (secondary N) is 2. The van der Waals surface area contributed by atoms with Crippen molar-refractivity contribution in [3.05, 3.63) is 69.0 Å². The van der Waals surface area contributed by atoms with Gasteiger partial charge >= 0.3 is 0 Å². The molecule has 0 fully saturated rings. The third-order valence-electron chi connectivity index (χ3n) is 5.67. The predicted molar refractivity (Wildman–Crippen MR) is 127 cm³/mol. The van der Waals surface area contributed by atoms with Gasteiger partial charge in [0.2, 0.25) is 5.91 Å². The lowest BCUT2D eigenvalue weighted by Crippen LogP contribution is -2.31. The molecule has 1 atom stereocenters. The molecule has 2 aromatic carbocycles. The topological polar surface area (TPSA) is 103 Å². The Bertz CT molecular complexity index is 1260. The minimum atomic E-state index is -0.546. The van der Waals surface area contributed by atoms with Crippen LogP contribution in [-0.4, -0.2) is 37.2 Å². The van der Waals surface area contributed by atoms with Crippen LogP contribution in [0.4, 0.5) is 5.82 Å². The lowest BCUT2D eigenvalue weighted by Gasteiger charge is -2.26. The van der Waals surface area contributed by atoms with Crippen molar-refractivity contribution in [2.24, 2.45) is 0 Å². The van der Waals surface area contributed by atoms with E-state index in [1.54, 1.807) is 12.1 Å². The molecule has 9 heteroatoms. The summed E-state index contributed by atoms with van der Waals surface area (Å²) in [7, 11) is 4.59. The molecular formula is C24H25N3O5S.